The number of benzene rings is 2. The van der Waals surface area contributed by atoms with Crippen molar-refractivity contribution in [3.05, 3.63) is 67.3 Å². The Balaban J connectivity index is 2.11. The van der Waals surface area contributed by atoms with Gasteiger partial charge in [-0.25, -0.2) is 0 Å². The fourth-order valence-corrected chi connectivity index (χ4v) is 1.56. The maximum Gasteiger partial charge on any atom is 0.0634 e. The minimum Gasteiger partial charge on any atom is -0.356 e. The number of hydrogen-bond donors (Lipinski definition) is 1. The summed E-state index contributed by atoms with van der Waals surface area (Å²) in [5, 5.41) is 3.33. The van der Waals surface area contributed by atoms with Gasteiger partial charge in [0.1, 0.15) is 0 Å². The van der Waals surface area contributed by atoms with Gasteiger partial charge in [0, 0.05) is 17.1 Å². The van der Waals surface area contributed by atoms with E-state index in [1.165, 1.54) is 0 Å². The van der Waals surface area contributed by atoms with Gasteiger partial charge < -0.3 is 5.32 Å². The van der Waals surface area contributed by atoms with Crippen LogP contribution < -0.4 is 5.32 Å². The molecule has 0 unspecified atom stereocenters. The predicted octanol–water partition coefficient (Wildman–Crippen LogP) is 4.71. The number of nitrogens with zero attached hydrogens (tertiary/aromatic N) is 1. The Hall–Kier alpha value is -2.35. The summed E-state index contributed by atoms with van der Waals surface area (Å²) >= 11 is 0. The van der Waals surface area contributed by atoms with E-state index in [4.69, 9.17) is 0 Å². The molecule has 90 valence electrons. The monoisotopic (exact) mass is 236 g/mol. The zero-order valence-electron chi connectivity index (χ0n) is 10.4. The quantitative estimate of drug-likeness (QED) is 0.764. The molecule has 0 amide bonds. The zero-order chi connectivity index (χ0) is 12.8. The Labute approximate surface area is 108 Å². The molecule has 0 radical (unpaired) electrons. The molecule has 0 atom stereocenters. The maximum atomic E-state index is 4.40. The minimum atomic E-state index is 0.916. The normalized spacial score (nSPS) is 11.1. The van der Waals surface area contributed by atoms with Crippen LogP contribution in [0.4, 0.5) is 17.1 Å². The largest absolute Gasteiger partial charge is 0.356 e. The van der Waals surface area contributed by atoms with Crippen molar-refractivity contribution in [1.29, 1.82) is 0 Å². The lowest BCUT2D eigenvalue weighted by Crippen LogP contribution is -1.88. The Kier molecular flexibility index (Phi) is 3.92. The molecule has 0 aliphatic carbocycles. The highest BCUT2D eigenvalue weighted by molar-refractivity contribution is 5.94. The molecule has 0 aliphatic rings. The summed E-state index contributed by atoms with van der Waals surface area (Å²) in [7, 11) is 0. The molecular weight excluding hydrogens is 220 g/mol. The van der Waals surface area contributed by atoms with E-state index in [1.807, 2.05) is 61.5 Å². The highest BCUT2D eigenvalue weighted by Gasteiger charge is 1.94. The SMILES string of the molecule is C=CC(C)=Nc1ccc(Nc2ccccc2)cc1. The molecular formula is C16H16N2. The number of rotatable bonds is 4. The van der Waals surface area contributed by atoms with Crippen LogP contribution in [0, 0.1) is 0 Å². The number of anilines is 2. The van der Waals surface area contributed by atoms with Crippen LogP contribution in [0.2, 0.25) is 0 Å². The predicted molar refractivity (Wildman–Crippen MR) is 79.1 cm³/mol. The number of hydrogen-bond acceptors (Lipinski definition) is 2. The maximum absolute atomic E-state index is 4.40. The average Bonchev–Trinajstić information content (AvgIpc) is 2.42. The molecule has 2 heteroatoms. The van der Waals surface area contributed by atoms with E-state index in [1.54, 1.807) is 6.08 Å². The third-order valence-electron chi connectivity index (χ3n) is 2.53. The fourth-order valence-electron chi connectivity index (χ4n) is 1.56. The number of nitrogens with one attached hydrogen (secondary N) is 1. The second kappa shape index (κ2) is 5.82. The molecule has 0 aliphatic heterocycles. The van der Waals surface area contributed by atoms with Gasteiger partial charge in [-0.2, -0.15) is 0 Å². The first-order valence-electron chi connectivity index (χ1n) is 5.88. The van der Waals surface area contributed by atoms with E-state index in [0.29, 0.717) is 0 Å². The van der Waals surface area contributed by atoms with Crippen LogP contribution in [0.5, 0.6) is 0 Å². The van der Waals surface area contributed by atoms with Crippen molar-refractivity contribution in [3.8, 4) is 0 Å². The minimum absolute atomic E-state index is 0.916. The highest BCUT2D eigenvalue weighted by atomic mass is 14.9. The van der Waals surface area contributed by atoms with Crippen LogP contribution >= 0.6 is 0 Å². The molecule has 0 aromatic heterocycles. The van der Waals surface area contributed by atoms with Gasteiger partial charge >= 0.3 is 0 Å². The molecule has 2 aromatic rings. The lowest BCUT2D eigenvalue weighted by Gasteiger charge is -2.06. The number of aliphatic imine (C=N–C) groups is 1. The van der Waals surface area contributed by atoms with Crippen LogP contribution in [0.25, 0.3) is 0 Å². The molecule has 1 N–H and O–H groups in total. The summed E-state index contributed by atoms with van der Waals surface area (Å²) in [6.45, 7) is 5.62. The summed E-state index contributed by atoms with van der Waals surface area (Å²) in [5.41, 5.74) is 3.98. The Bertz CT molecular complexity index is 539. The first kappa shape index (κ1) is 12.1. The standard InChI is InChI=1S/C16H16N2/c1-3-13(2)17-15-9-11-16(12-10-15)18-14-7-5-4-6-8-14/h3-12,18H,1H2,2H3. The van der Waals surface area contributed by atoms with Crippen LogP contribution in [0.15, 0.2) is 72.2 Å². The molecule has 2 rings (SSSR count). The molecule has 18 heavy (non-hydrogen) atoms. The first-order valence-corrected chi connectivity index (χ1v) is 5.88. The lowest BCUT2D eigenvalue weighted by atomic mass is 10.2. The van der Waals surface area contributed by atoms with Crippen LogP contribution in [-0.4, -0.2) is 5.71 Å². The van der Waals surface area contributed by atoms with Gasteiger partial charge in [-0.1, -0.05) is 24.8 Å². The lowest BCUT2D eigenvalue weighted by molar-refractivity contribution is 1.48. The van der Waals surface area contributed by atoms with E-state index in [0.717, 1.165) is 22.8 Å². The van der Waals surface area contributed by atoms with Crippen molar-refractivity contribution in [2.24, 2.45) is 4.99 Å². The van der Waals surface area contributed by atoms with Gasteiger partial charge in [0.2, 0.25) is 0 Å². The Morgan fingerprint density at radius 1 is 1.00 bits per heavy atom. The number of para-hydroxylation sites is 1. The van der Waals surface area contributed by atoms with Crippen LogP contribution in [0.3, 0.4) is 0 Å². The summed E-state index contributed by atoms with van der Waals surface area (Å²) < 4.78 is 0. The molecule has 0 heterocycles. The van der Waals surface area contributed by atoms with Crippen molar-refractivity contribution >= 4 is 22.8 Å². The zero-order valence-corrected chi connectivity index (χ0v) is 10.4. The Morgan fingerprint density at radius 2 is 1.61 bits per heavy atom. The molecule has 0 bridgehead atoms. The van der Waals surface area contributed by atoms with Gasteiger partial charge in [-0.3, -0.25) is 4.99 Å². The third-order valence-corrected chi connectivity index (χ3v) is 2.53. The van der Waals surface area contributed by atoms with Gasteiger partial charge in [0.05, 0.1) is 5.69 Å². The van der Waals surface area contributed by atoms with Gasteiger partial charge in [0.25, 0.3) is 0 Å². The summed E-state index contributed by atoms with van der Waals surface area (Å²) in [6, 6.07) is 18.1. The van der Waals surface area contributed by atoms with E-state index in [-0.39, 0.29) is 0 Å². The van der Waals surface area contributed by atoms with Gasteiger partial charge in [0.15, 0.2) is 0 Å². The van der Waals surface area contributed by atoms with Crippen molar-refractivity contribution in [2.45, 2.75) is 6.92 Å². The van der Waals surface area contributed by atoms with E-state index in [9.17, 15) is 0 Å². The van der Waals surface area contributed by atoms with Gasteiger partial charge in [-0.15, -0.1) is 0 Å². The average molecular weight is 236 g/mol. The second-order valence-corrected chi connectivity index (χ2v) is 4.00. The van der Waals surface area contributed by atoms with Crippen molar-refractivity contribution in [3.63, 3.8) is 0 Å². The topological polar surface area (TPSA) is 24.4 Å². The smallest absolute Gasteiger partial charge is 0.0634 e. The summed E-state index contributed by atoms with van der Waals surface area (Å²) in [5.74, 6) is 0. The third kappa shape index (κ3) is 3.32. The molecule has 0 saturated heterocycles. The molecule has 0 saturated carbocycles. The second-order valence-electron chi connectivity index (χ2n) is 4.00. The number of allylic oxidation sites excluding steroid dienone is 1. The van der Waals surface area contributed by atoms with Crippen LogP contribution in [-0.2, 0) is 0 Å². The van der Waals surface area contributed by atoms with Crippen molar-refractivity contribution in [1.82, 2.24) is 0 Å². The van der Waals surface area contributed by atoms with Crippen molar-refractivity contribution in [2.75, 3.05) is 5.32 Å². The van der Waals surface area contributed by atoms with E-state index < -0.39 is 0 Å². The molecule has 0 spiro atoms. The van der Waals surface area contributed by atoms with E-state index >= 15 is 0 Å². The molecule has 2 aromatic carbocycles. The summed E-state index contributed by atoms with van der Waals surface area (Å²) in [6.07, 6.45) is 1.75. The summed E-state index contributed by atoms with van der Waals surface area (Å²) in [4.78, 5) is 4.40. The fraction of sp³-hybridized carbons (Fsp3) is 0.0625. The van der Waals surface area contributed by atoms with E-state index in [2.05, 4.69) is 16.9 Å². The van der Waals surface area contributed by atoms with Gasteiger partial charge in [-0.05, 0) is 49.4 Å². The van der Waals surface area contributed by atoms with Crippen molar-refractivity contribution < 1.29 is 0 Å². The first-order chi connectivity index (χ1) is 8.78. The highest BCUT2D eigenvalue weighted by Crippen LogP contribution is 2.20. The Morgan fingerprint density at radius 3 is 2.22 bits per heavy atom. The molecule has 0 fully saturated rings. The van der Waals surface area contributed by atoms with Crippen LogP contribution in [0.1, 0.15) is 6.92 Å². The molecule has 2 nitrogen and oxygen atoms in total.